The number of nitrogens with one attached hydrogen (secondary N) is 3. The van der Waals surface area contributed by atoms with E-state index in [4.69, 9.17) is 4.74 Å². The number of ether oxygens (including phenoxy) is 1. The molecule has 1 heterocycles. The van der Waals surface area contributed by atoms with Gasteiger partial charge in [-0.05, 0) is 81.0 Å². The number of carbonyl (C=O) groups is 3. The predicted molar refractivity (Wildman–Crippen MR) is 142 cm³/mol. The molecule has 13 heteroatoms. The van der Waals surface area contributed by atoms with E-state index in [1.165, 1.54) is 25.4 Å². The second-order valence-electron chi connectivity index (χ2n) is 11.0. The summed E-state index contributed by atoms with van der Waals surface area (Å²) >= 11 is 0. The van der Waals surface area contributed by atoms with E-state index in [-0.39, 0.29) is 41.7 Å². The molecule has 0 radical (unpaired) electrons. The van der Waals surface area contributed by atoms with Crippen molar-refractivity contribution in [2.75, 3.05) is 25.6 Å². The van der Waals surface area contributed by atoms with Crippen LogP contribution >= 0.6 is 0 Å². The number of carbonyl (C=O) groups excluding carboxylic acids is 3. The van der Waals surface area contributed by atoms with Gasteiger partial charge < -0.3 is 20.7 Å². The minimum absolute atomic E-state index is 0.0780. The molecule has 0 spiro atoms. The summed E-state index contributed by atoms with van der Waals surface area (Å²) < 4.78 is 59.5. The maximum atomic E-state index is 15.2. The summed E-state index contributed by atoms with van der Waals surface area (Å²) in [7, 11) is 1.27. The van der Waals surface area contributed by atoms with E-state index in [0.29, 0.717) is 5.69 Å². The lowest BCUT2D eigenvalue weighted by Crippen LogP contribution is -2.50. The molecule has 224 valence electrons. The van der Waals surface area contributed by atoms with Crippen molar-refractivity contribution in [2.45, 2.75) is 63.7 Å². The number of methoxy groups -OCH3 is 1. The number of aromatic nitrogens is 2. The summed E-state index contributed by atoms with van der Waals surface area (Å²) in [5, 5.41) is 11.5. The normalized spacial score (nSPS) is 16.9. The number of anilines is 1. The summed E-state index contributed by atoms with van der Waals surface area (Å²) in [5.41, 5.74) is 0.219. The van der Waals surface area contributed by atoms with Gasteiger partial charge in [0.15, 0.2) is 0 Å². The molecule has 2 aromatic rings. The Balaban J connectivity index is 1.53. The fourth-order valence-electron chi connectivity index (χ4n) is 5.21. The fourth-order valence-corrected chi connectivity index (χ4v) is 5.21. The summed E-state index contributed by atoms with van der Waals surface area (Å²) in [4.78, 5) is 39.3. The number of hydrogen-bond acceptors (Lipinski definition) is 5. The maximum Gasteiger partial charge on any atom is 0.405 e. The number of nitrogens with zero attached hydrogens (tertiary/aromatic N) is 2. The number of rotatable bonds is 13. The Kier molecular flexibility index (Phi) is 9.35. The van der Waals surface area contributed by atoms with Gasteiger partial charge in [-0.2, -0.15) is 18.3 Å². The predicted octanol–water partition coefficient (Wildman–Crippen LogP) is 4.18. The Morgan fingerprint density at radius 2 is 1.73 bits per heavy atom. The second kappa shape index (κ2) is 12.6. The van der Waals surface area contributed by atoms with Gasteiger partial charge in [0.2, 0.25) is 11.8 Å². The van der Waals surface area contributed by atoms with E-state index in [2.05, 4.69) is 15.7 Å². The summed E-state index contributed by atoms with van der Waals surface area (Å²) in [6.07, 6.45) is 0.707. The first-order valence-electron chi connectivity index (χ1n) is 13.7. The maximum absolute atomic E-state index is 15.2. The molecule has 3 N–H and O–H groups in total. The van der Waals surface area contributed by atoms with E-state index in [9.17, 15) is 27.6 Å². The van der Waals surface area contributed by atoms with Crippen LogP contribution in [0, 0.1) is 23.6 Å². The summed E-state index contributed by atoms with van der Waals surface area (Å²) in [6.45, 7) is 1.96. The topological polar surface area (TPSA) is 114 Å². The smallest absolute Gasteiger partial charge is 0.384 e. The van der Waals surface area contributed by atoms with Crippen LogP contribution in [-0.2, 0) is 14.3 Å². The van der Waals surface area contributed by atoms with Gasteiger partial charge in [0.25, 0.3) is 5.91 Å². The molecule has 2 aliphatic carbocycles. The van der Waals surface area contributed by atoms with Crippen molar-refractivity contribution in [3.63, 3.8) is 0 Å². The van der Waals surface area contributed by atoms with E-state index in [1.54, 1.807) is 16.1 Å². The van der Waals surface area contributed by atoms with Crippen LogP contribution in [0.1, 0.15) is 67.5 Å². The van der Waals surface area contributed by atoms with Crippen LogP contribution in [0.5, 0.6) is 0 Å². The molecule has 3 amide bonds. The van der Waals surface area contributed by atoms with Gasteiger partial charge in [-0.25, -0.2) is 4.39 Å². The van der Waals surface area contributed by atoms with Crippen molar-refractivity contribution in [2.24, 2.45) is 17.8 Å². The molecular formula is C28H35F4N5O4. The highest BCUT2D eigenvalue weighted by molar-refractivity contribution is 6.01. The van der Waals surface area contributed by atoms with Crippen LogP contribution in [0.15, 0.2) is 30.5 Å². The number of alkyl halides is 3. The van der Waals surface area contributed by atoms with Crippen molar-refractivity contribution in [1.82, 2.24) is 20.4 Å². The number of benzene rings is 1. The van der Waals surface area contributed by atoms with Crippen molar-refractivity contribution in [1.29, 1.82) is 0 Å². The van der Waals surface area contributed by atoms with Gasteiger partial charge in [0.1, 0.15) is 24.1 Å². The zero-order valence-corrected chi connectivity index (χ0v) is 23.1. The molecule has 0 bridgehead atoms. The molecule has 0 saturated heterocycles. The number of amides is 3. The molecule has 1 unspecified atom stereocenters. The first-order chi connectivity index (χ1) is 19.4. The largest absolute Gasteiger partial charge is 0.405 e. The molecular weight excluding hydrogens is 546 g/mol. The summed E-state index contributed by atoms with van der Waals surface area (Å²) in [5.74, 6) is -3.60. The SMILES string of the molecule is COCC(C(=O)NCC(F)(F)F)c1ccc(NC(=O)[C@@H](NC(=O)c2ccnn2C(C)C)C(C2CC2)C2CC2)c(F)c1. The first kappa shape index (κ1) is 30.5. The zero-order valence-electron chi connectivity index (χ0n) is 23.1. The van der Waals surface area contributed by atoms with E-state index in [0.717, 1.165) is 31.7 Å². The molecule has 0 aliphatic heterocycles. The first-order valence-corrected chi connectivity index (χ1v) is 13.7. The lowest BCUT2D eigenvalue weighted by molar-refractivity contribution is -0.140. The molecule has 1 aromatic carbocycles. The average Bonchev–Trinajstić information content (AvgIpc) is 3.85. The highest BCUT2D eigenvalue weighted by Crippen LogP contribution is 2.51. The van der Waals surface area contributed by atoms with Gasteiger partial charge in [-0.15, -0.1) is 0 Å². The highest BCUT2D eigenvalue weighted by Gasteiger charge is 2.48. The van der Waals surface area contributed by atoms with Crippen LogP contribution < -0.4 is 16.0 Å². The lowest BCUT2D eigenvalue weighted by Gasteiger charge is -2.28. The Bertz CT molecular complexity index is 1240. The molecule has 2 aliphatic rings. The Morgan fingerprint density at radius 3 is 2.27 bits per heavy atom. The zero-order chi connectivity index (χ0) is 29.9. The molecule has 2 saturated carbocycles. The van der Waals surface area contributed by atoms with E-state index < -0.39 is 48.2 Å². The standard InChI is InChI=1S/C28H35F4N5O4/c1-15(2)37-22(10-11-34-37)26(39)36-24(23(16-4-5-16)17-6-7-17)27(40)35-21-9-8-18(12-20(21)29)19(13-41-3)25(38)33-14-28(30,31)32/h8-12,15-17,19,23-24H,4-7,13-14H2,1-3H3,(H,33,38)(H,35,40)(H,36,39)/t19?,24-/m0/s1. The molecule has 4 rings (SSSR count). The van der Waals surface area contributed by atoms with Crippen LogP contribution in [0.4, 0.5) is 23.2 Å². The molecule has 2 atom stereocenters. The van der Waals surface area contributed by atoms with Crippen LogP contribution in [0.2, 0.25) is 0 Å². The number of hydrogen-bond donors (Lipinski definition) is 3. The molecule has 2 fully saturated rings. The van der Waals surface area contributed by atoms with Crippen molar-refractivity contribution in [3.8, 4) is 0 Å². The van der Waals surface area contributed by atoms with Gasteiger partial charge in [-0.1, -0.05) is 6.07 Å². The monoisotopic (exact) mass is 581 g/mol. The van der Waals surface area contributed by atoms with Gasteiger partial charge in [0.05, 0.1) is 18.2 Å². The van der Waals surface area contributed by atoms with Gasteiger partial charge in [-0.3, -0.25) is 19.1 Å². The lowest BCUT2D eigenvalue weighted by atomic mass is 9.88. The number of halogens is 4. The third kappa shape index (κ3) is 7.84. The summed E-state index contributed by atoms with van der Waals surface area (Å²) in [6, 6.07) is 4.17. The minimum atomic E-state index is -4.61. The average molecular weight is 582 g/mol. The Labute approximate surface area is 235 Å². The van der Waals surface area contributed by atoms with Crippen molar-refractivity contribution >= 4 is 23.4 Å². The molecule has 9 nitrogen and oxygen atoms in total. The third-order valence-corrected chi connectivity index (χ3v) is 7.44. The minimum Gasteiger partial charge on any atom is -0.384 e. The molecule has 1 aromatic heterocycles. The second-order valence-corrected chi connectivity index (χ2v) is 11.0. The third-order valence-electron chi connectivity index (χ3n) is 7.44. The highest BCUT2D eigenvalue weighted by atomic mass is 19.4. The van der Waals surface area contributed by atoms with E-state index in [1.807, 2.05) is 13.8 Å². The van der Waals surface area contributed by atoms with Crippen molar-refractivity contribution < 1.29 is 36.7 Å². The van der Waals surface area contributed by atoms with Gasteiger partial charge in [0, 0.05) is 19.3 Å². The van der Waals surface area contributed by atoms with Crippen LogP contribution in [-0.4, -0.2) is 60.0 Å². The van der Waals surface area contributed by atoms with Crippen LogP contribution in [0.3, 0.4) is 0 Å². The molecule has 41 heavy (non-hydrogen) atoms. The van der Waals surface area contributed by atoms with Crippen LogP contribution in [0.25, 0.3) is 0 Å². The Hall–Kier alpha value is -3.48. The Morgan fingerprint density at radius 1 is 1.07 bits per heavy atom. The van der Waals surface area contributed by atoms with E-state index >= 15 is 4.39 Å². The van der Waals surface area contributed by atoms with Crippen molar-refractivity contribution in [3.05, 3.63) is 47.5 Å². The van der Waals surface area contributed by atoms with Gasteiger partial charge >= 0.3 is 6.18 Å². The fraction of sp³-hybridized carbons (Fsp3) is 0.571. The quantitative estimate of drug-likeness (QED) is 0.307.